The van der Waals surface area contributed by atoms with E-state index in [0.717, 1.165) is 51.4 Å². The molecule has 6 aliphatic rings. The molecular weight excluding hydrogens is 608 g/mol. The molecule has 8 atom stereocenters. The Kier molecular flexibility index (Phi) is 10.6. The van der Waals surface area contributed by atoms with Crippen molar-refractivity contribution in [1.82, 2.24) is 0 Å². The van der Waals surface area contributed by atoms with Gasteiger partial charge < -0.3 is 19.8 Å². The molecule has 0 aromatic carbocycles. The van der Waals surface area contributed by atoms with Crippen molar-refractivity contribution < 1.29 is 36.9 Å². The zero-order valence-corrected chi connectivity index (χ0v) is 30.1. The molecular formula is C40H58CuO4. The number of carboxylic acid groups (broad SMARTS) is 2. The Morgan fingerprint density at radius 3 is 1.33 bits per heavy atom. The summed E-state index contributed by atoms with van der Waals surface area (Å²) >= 11 is 0. The molecule has 0 bridgehead atoms. The zero-order valence-electron chi connectivity index (χ0n) is 29.2. The Morgan fingerprint density at radius 2 is 1.02 bits per heavy atom. The molecule has 0 amide bonds. The summed E-state index contributed by atoms with van der Waals surface area (Å²) in [7, 11) is 0. The Balaban J connectivity index is 0.000000200. The van der Waals surface area contributed by atoms with Crippen LogP contribution in [0.1, 0.15) is 132 Å². The van der Waals surface area contributed by atoms with Gasteiger partial charge in [-0.1, -0.05) is 104 Å². The fraction of sp³-hybridized carbons (Fsp3) is 0.750. The van der Waals surface area contributed by atoms with Gasteiger partial charge in [0.25, 0.3) is 0 Å². The summed E-state index contributed by atoms with van der Waals surface area (Å²) in [5.74, 6) is 1.08. The van der Waals surface area contributed by atoms with Crippen molar-refractivity contribution in [2.24, 2.45) is 57.2 Å². The standard InChI is InChI=1S/2C20H30O2.Cu/c2*1-13(2)14-6-8-16-15(12-14)7-9-17-19(16,3)10-5-11-20(17,4)18(21)22;/h2*7,12-13,16-17H,5-6,8-11H2,1-4H3,(H,21,22);/q;;+2/p-2/t2*16-,17+,19+,20+;/m00./s1. The van der Waals surface area contributed by atoms with Crippen LogP contribution < -0.4 is 10.2 Å². The molecule has 0 saturated heterocycles. The molecule has 45 heavy (non-hydrogen) atoms. The average molecular weight is 666 g/mol. The molecule has 2 saturated carbocycles. The SMILES string of the molecule is CC(C)C1=CC2=CC[C@@H]3[C@](C)(CCC[C@@]3(C)C(=O)[O-])[C@H]2CC1.CC(C)C1=CC2=CC[C@@H]3[C@](C)(CCC[C@@]3(C)C(=O)[O-])[C@H]2CC1.[Cu+2]. The van der Waals surface area contributed by atoms with Crippen LogP contribution in [0.3, 0.4) is 0 Å². The summed E-state index contributed by atoms with van der Waals surface area (Å²) in [5, 5.41) is 23.7. The summed E-state index contributed by atoms with van der Waals surface area (Å²) in [5.41, 5.74) is 5.01. The topological polar surface area (TPSA) is 80.3 Å². The van der Waals surface area contributed by atoms with Crippen LogP contribution in [0.15, 0.2) is 46.6 Å². The van der Waals surface area contributed by atoms with Crippen LogP contribution in [0.5, 0.6) is 0 Å². The summed E-state index contributed by atoms with van der Waals surface area (Å²) in [4.78, 5) is 23.7. The summed E-state index contributed by atoms with van der Waals surface area (Å²) < 4.78 is 0. The number of aliphatic carboxylic acids is 2. The second-order valence-electron chi connectivity index (χ2n) is 17.0. The molecule has 4 nitrogen and oxygen atoms in total. The van der Waals surface area contributed by atoms with Gasteiger partial charge in [0, 0.05) is 22.8 Å². The van der Waals surface area contributed by atoms with Crippen molar-refractivity contribution in [2.75, 3.05) is 0 Å². The number of hydrogen-bond donors (Lipinski definition) is 0. The maximum atomic E-state index is 11.8. The van der Waals surface area contributed by atoms with Crippen molar-refractivity contribution in [3.05, 3.63) is 46.6 Å². The predicted octanol–water partition coefficient (Wildman–Crippen LogP) is 7.74. The molecule has 0 aromatic heterocycles. The van der Waals surface area contributed by atoms with Crippen LogP contribution in [0.25, 0.3) is 0 Å². The summed E-state index contributed by atoms with van der Waals surface area (Å²) in [6.45, 7) is 17.7. The molecule has 0 N–H and O–H groups in total. The third-order valence-corrected chi connectivity index (χ3v) is 14.1. The van der Waals surface area contributed by atoms with E-state index in [1.807, 2.05) is 13.8 Å². The predicted molar refractivity (Wildman–Crippen MR) is 174 cm³/mol. The molecule has 2 fully saturated rings. The number of allylic oxidation sites excluding steroid dienone is 8. The Bertz CT molecular complexity index is 1190. The Hall–Kier alpha value is -1.58. The minimum atomic E-state index is -0.838. The number of rotatable bonds is 4. The first-order chi connectivity index (χ1) is 20.6. The molecule has 6 aliphatic carbocycles. The van der Waals surface area contributed by atoms with Crippen LogP contribution in [0.2, 0.25) is 0 Å². The molecule has 0 aromatic rings. The summed E-state index contributed by atoms with van der Waals surface area (Å²) in [6, 6.07) is 0. The largest absolute Gasteiger partial charge is 2.00 e. The first-order valence-corrected chi connectivity index (χ1v) is 17.8. The van der Waals surface area contributed by atoms with Gasteiger partial charge >= 0.3 is 17.1 Å². The molecule has 0 heterocycles. The monoisotopic (exact) mass is 665 g/mol. The number of carboxylic acids is 2. The fourth-order valence-electron chi connectivity index (χ4n) is 11.2. The minimum absolute atomic E-state index is 0. The molecule has 253 valence electrons. The fourth-order valence-corrected chi connectivity index (χ4v) is 11.2. The van der Waals surface area contributed by atoms with Gasteiger partial charge in [0.2, 0.25) is 0 Å². The van der Waals surface area contributed by atoms with E-state index in [2.05, 4.69) is 65.8 Å². The van der Waals surface area contributed by atoms with E-state index >= 15 is 0 Å². The van der Waals surface area contributed by atoms with Crippen molar-refractivity contribution >= 4 is 11.9 Å². The van der Waals surface area contributed by atoms with Crippen molar-refractivity contribution in [3.8, 4) is 0 Å². The van der Waals surface area contributed by atoms with E-state index in [-0.39, 0.29) is 39.7 Å². The van der Waals surface area contributed by atoms with Crippen LogP contribution in [0, 0.1) is 57.2 Å². The van der Waals surface area contributed by atoms with E-state index < -0.39 is 22.8 Å². The van der Waals surface area contributed by atoms with Crippen molar-refractivity contribution in [3.63, 3.8) is 0 Å². The van der Waals surface area contributed by atoms with Gasteiger partial charge in [-0.15, -0.1) is 0 Å². The zero-order chi connectivity index (χ0) is 32.2. The van der Waals surface area contributed by atoms with E-state index in [4.69, 9.17) is 0 Å². The quantitative estimate of drug-likeness (QED) is 0.288. The van der Waals surface area contributed by atoms with E-state index in [1.165, 1.54) is 36.8 Å². The molecule has 5 heteroatoms. The molecule has 1 radical (unpaired) electrons. The van der Waals surface area contributed by atoms with Crippen molar-refractivity contribution in [1.29, 1.82) is 0 Å². The van der Waals surface area contributed by atoms with Crippen LogP contribution in [-0.4, -0.2) is 11.9 Å². The van der Waals surface area contributed by atoms with E-state index in [1.54, 1.807) is 11.1 Å². The molecule has 0 aliphatic heterocycles. The first-order valence-electron chi connectivity index (χ1n) is 17.8. The third kappa shape index (κ3) is 6.12. The number of hydrogen-bond acceptors (Lipinski definition) is 4. The van der Waals surface area contributed by atoms with Gasteiger partial charge in [0.15, 0.2) is 0 Å². The number of carbonyl (C=O) groups is 2. The number of carbonyl (C=O) groups excluding carboxylic acids is 2. The van der Waals surface area contributed by atoms with Crippen LogP contribution >= 0.6 is 0 Å². The van der Waals surface area contributed by atoms with Gasteiger partial charge in [0.1, 0.15) is 0 Å². The minimum Gasteiger partial charge on any atom is -0.550 e. The Morgan fingerprint density at radius 1 is 0.667 bits per heavy atom. The first kappa shape index (κ1) is 36.3. The molecule has 0 spiro atoms. The number of fused-ring (bicyclic) bond motifs is 6. The maximum Gasteiger partial charge on any atom is 2.00 e. The molecule has 0 unspecified atom stereocenters. The normalized spacial score (nSPS) is 40.4. The maximum absolute atomic E-state index is 11.8. The van der Waals surface area contributed by atoms with Crippen LogP contribution in [-0.2, 0) is 26.7 Å². The van der Waals surface area contributed by atoms with Gasteiger partial charge in [-0.05, 0) is 122 Å². The van der Waals surface area contributed by atoms with E-state index in [0.29, 0.717) is 23.7 Å². The third-order valence-electron chi connectivity index (χ3n) is 14.1. The summed E-state index contributed by atoms with van der Waals surface area (Å²) in [6.07, 6.45) is 21.9. The van der Waals surface area contributed by atoms with Gasteiger partial charge in [-0.3, -0.25) is 0 Å². The molecule has 6 rings (SSSR count). The average Bonchev–Trinajstić information content (AvgIpc) is 2.96. The van der Waals surface area contributed by atoms with Gasteiger partial charge in [-0.2, -0.15) is 0 Å². The Labute approximate surface area is 284 Å². The second-order valence-corrected chi connectivity index (χ2v) is 17.0. The van der Waals surface area contributed by atoms with Gasteiger partial charge in [-0.25, -0.2) is 0 Å². The van der Waals surface area contributed by atoms with Crippen LogP contribution in [0.4, 0.5) is 0 Å². The van der Waals surface area contributed by atoms with Crippen molar-refractivity contribution in [2.45, 2.75) is 132 Å². The second kappa shape index (κ2) is 13.1. The van der Waals surface area contributed by atoms with E-state index in [9.17, 15) is 19.8 Å². The smallest absolute Gasteiger partial charge is 0.550 e. The van der Waals surface area contributed by atoms with Gasteiger partial charge in [0.05, 0.1) is 0 Å².